The molecule has 0 aliphatic carbocycles. The van der Waals surface area contributed by atoms with Crippen molar-refractivity contribution in [2.45, 2.75) is 52.7 Å². The highest BCUT2D eigenvalue weighted by Gasteiger charge is 2.21. The van der Waals surface area contributed by atoms with Gasteiger partial charge in [0.25, 0.3) is 0 Å². The summed E-state index contributed by atoms with van der Waals surface area (Å²) >= 11 is 0. The SMILES string of the molecule is CCC(C)Oc1ccc(PC(=O)c2c(OC)cccc2OC)c(OC(C)CC)c1. The van der Waals surface area contributed by atoms with Gasteiger partial charge in [-0.3, -0.25) is 4.79 Å². The Hall–Kier alpha value is -2.26. The zero-order valence-corrected chi connectivity index (χ0v) is 19.1. The highest BCUT2D eigenvalue weighted by atomic mass is 31.1. The summed E-state index contributed by atoms with van der Waals surface area (Å²) in [7, 11) is 2.96. The second kappa shape index (κ2) is 11.1. The summed E-state index contributed by atoms with van der Waals surface area (Å²) in [6.45, 7) is 8.19. The number of carbonyl (C=O) groups is 1. The molecule has 2 rings (SSSR count). The zero-order valence-electron chi connectivity index (χ0n) is 18.1. The predicted octanol–water partition coefficient (Wildman–Crippen LogP) is 5.20. The quantitative estimate of drug-likeness (QED) is 0.469. The number of carbonyl (C=O) groups excluding carboxylic acids is 1. The van der Waals surface area contributed by atoms with E-state index in [1.165, 1.54) is 0 Å². The molecule has 5 nitrogen and oxygen atoms in total. The van der Waals surface area contributed by atoms with Gasteiger partial charge in [0.05, 0.1) is 26.4 Å². The van der Waals surface area contributed by atoms with Crippen molar-refractivity contribution in [2.24, 2.45) is 0 Å². The number of ether oxygens (including phenoxy) is 4. The lowest BCUT2D eigenvalue weighted by Gasteiger charge is -2.19. The second-order valence-corrected chi connectivity index (χ2v) is 8.07. The molecule has 0 bridgehead atoms. The smallest absolute Gasteiger partial charge is 0.193 e. The Morgan fingerprint density at radius 2 is 1.48 bits per heavy atom. The number of hydrogen-bond donors (Lipinski definition) is 0. The van der Waals surface area contributed by atoms with Gasteiger partial charge in [0, 0.05) is 11.4 Å². The van der Waals surface area contributed by atoms with Crippen molar-refractivity contribution in [3.8, 4) is 23.0 Å². The Kier molecular flexibility index (Phi) is 8.78. The number of rotatable bonds is 11. The number of hydrogen-bond acceptors (Lipinski definition) is 5. The van der Waals surface area contributed by atoms with E-state index in [1.807, 2.05) is 32.0 Å². The molecule has 0 heterocycles. The van der Waals surface area contributed by atoms with E-state index in [0.717, 1.165) is 23.9 Å². The average molecular weight is 418 g/mol. The van der Waals surface area contributed by atoms with Crippen molar-refractivity contribution in [1.82, 2.24) is 0 Å². The van der Waals surface area contributed by atoms with Gasteiger partial charge in [-0.15, -0.1) is 0 Å². The first-order chi connectivity index (χ1) is 13.9. The van der Waals surface area contributed by atoms with E-state index in [4.69, 9.17) is 18.9 Å². The van der Waals surface area contributed by atoms with E-state index in [-0.39, 0.29) is 26.3 Å². The maximum atomic E-state index is 13.2. The summed E-state index contributed by atoms with van der Waals surface area (Å²) in [5.74, 6) is 2.43. The monoisotopic (exact) mass is 418 g/mol. The molecule has 2 aromatic rings. The predicted molar refractivity (Wildman–Crippen MR) is 119 cm³/mol. The van der Waals surface area contributed by atoms with Crippen LogP contribution < -0.4 is 24.3 Å². The molecule has 0 fully saturated rings. The molecule has 3 unspecified atom stereocenters. The van der Waals surface area contributed by atoms with Crippen LogP contribution in [0.4, 0.5) is 0 Å². The summed E-state index contributed by atoms with van der Waals surface area (Å²) in [6.07, 6.45) is 1.93. The molecule has 0 spiro atoms. The fourth-order valence-electron chi connectivity index (χ4n) is 2.65. The van der Waals surface area contributed by atoms with Crippen LogP contribution in [0.15, 0.2) is 36.4 Å². The van der Waals surface area contributed by atoms with Crippen molar-refractivity contribution in [2.75, 3.05) is 14.2 Å². The maximum absolute atomic E-state index is 13.2. The lowest BCUT2D eigenvalue weighted by Crippen LogP contribution is -2.16. The maximum Gasteiger partial charge on any atom is 0.193 e. The molecular formula is C23H31O5P. The van der Waals surface area contributed by atoms with Crippen LogP contribution in [-0.2, 0) is 0 Å². The average Bonchev–Trinajstić information content (AvgIpc) is 2.74. The van der Waals surface area contributed by atoms with Gasteiger partial charge >= 0.3 is 0 Å². The molecule has 2 aromatic carbocycles. The molecule has 3 atom stereocenters. The minimum Gasteiger partial charge on any atom is -0.496 e. The Bertz CT molecular complexity index is 799. The third-order valence-electron chi connectivity index (χ3n) is 4.67. The highest BCUT2D eigenvalue weighted by Crippen LogP contribution is 2.36. The van der Waals surface area contributed by atoms with Crippen LogP contribution in [0.25, 0.3) is 0 Å². The Labute approximate surface area is 175 Å². The molecule has 0 amide bonds. The second-order valence-electron chi connectivity index (χ2n) is 6.82. The fraction of sp³-hybridized carbons (Fsp3) is 0.435. The van der Waals surface area contributed by atoms with Crippen LogP contribution in [0, 0.1) is 0 Å². The molecule has 29 heavy (non-hydrogen) atoms. The molecule has 0 aliphatic heterocycles. The van der Waals surface area contributed by atoms with Crippen molar-refractivity contribution in [3.63, 3.8) is 0 Å². The third-order valence-corrected chi connectivity index (χ3v) is 5.83. The molecule has 6 heteroatoms. The molecule has 0 N–H and O–H groups in total. The summed E-state index contributed by atoms with van der Waals surface area (Å²) in [4.78, 5) is 13.2. The van der Waals surface area contributed by atoms with Crippen molar-refractivity contribution in [1.29, 1.82) is 0 Å². The topological polar surface area (TPSA) is 54.0 Å². The van der Waals surface area contributed by atoms with Crippen LogP contribution in [0.2, 0.25) is 0 Å². The molecule has 0 aliphatic rings. The van der Waals surface area contributed by atoms with Gasteiger partial charge in [-0.2, -0.15) is 0 Å². The Morgan fingerprint density at radius 3 is 2.03 bits per heavy atom. The first-order valence-electron chi connectivity index (χ1n) is 9.93. The summed E-state index contributed by atoms with van der Waals surface area (Å²) in [6, 6.07) is 11.0. The van der Waals surface area contributed by atoms with E-state index >= 15 is 0 Å². The van der Waals surface area contributed by atoms with Gasteiger partial charge in [-0.25, -0.2) is 0 Å². The van der Waals surface area contributed by atoms with Crippen LogP contribution in [-0.4, -0.2) is 32.0 Å². The summed E-state index contributed by atoms with van der Waals surface area (Å²) < 4.78 is 22.8. The van der Waals surface area contributed by atoms with Gasteiger partial charge in [0.2, 0.25) is 0 Å². The summed E-state index contributed by atoms with van der Waals surface area (Å²) in [5, 5.41) is 0.833. The molecule has 0 radical (unpaired) electrons. The third kappa shape index (κ3) is 6.11. The number of methoxy groups -OCH3 is 2. The van der Waals surface area contributed by atoms with E-state index < -0.39 is 0 Å². The van der Waals surface area contributed by atoms with E-state index in [1.54, 1.807) is 32.4 Å². The highest BCUT2D eigenvalue weighted by molar-refractivity contribution is 7.66. The Morgan fingerprint density at radius 1 is 0.897 bits per heavy atom. The molecule has 0 saturated heterocycles. The fourth-order valence-corrected chi connectivity index (χ4v) is 3.69. The lowest BCUT2D eigenvalue weighted by atomic mass is 10.2. The van der Waals surface area contributed by atoms with Crippen molar-refractivity contribution in [3.05, 3.63) is 42.0 Å². The van der Waals surface area contributed by atoms with Crippen LogP contribution in [0.1, 0.15) is 50.9 Å². The van der Waals surface area contributed by atoms with E-state index in [9.17, 15) is 4.79 Å². The molecule has 0 saturated carbocycles. The van der Waals surface area contributed by atoms with E-state index in [2.05, 4.69) is 13.8 Å². The minimum atomic E-state index is -0.133. The van der Waals surface area contributed by atoms with Gasteiger partial charge in [-0.05, 0) is 59.5 Å². The van der Waals surface area contributed by atoms with Crippen LogP contribution in [0.5, 0.6) is 23.0 Å². The van der Waals surface area contributed by atoms with E-state index in [0.29, 0.717) is 22.8 Å². The largest absolute Gasteiger partial charge is 0.496 e. The molecule has 0 aromatic heterocycles. The normalized spacial score (nSPS) is 13.2. The Balaban J connectivity index is 2.37. The lowest BCUT2D eigenvalue weighted by molar-refractivity contribution is 0.108. The number of benzene rings is 2. The first kappa shape index (κ1) is 23.0. The van der Waals surface area contributed by atoms with Gasteiger partial charge in [-0.1, -0.05) is 19.9 Å². The first-order valence-corrected chi connectivity index (χ1v) is 10.9. The molecular weight excluding hydrogens is 387 g/mol. The standard InChI is InChI=1S/C23H31O5P/c1-7-15(3)27-17-12-13-21(20(14-17)28-16(4)8-2)29-23(24)22-18(25-5)10-9-11-19(22)26-6/h9-16,29H,7-8H2,1-6H3. The van der Waals surface area contributed by atoms with Gasteiger partial charge < -0.3 is 18.9 Å². The van der Waals surface area contributed by atoms with Crippen LogP contribution >= 0.6 is 8.58 Å². The van der Waals surface area contributed by atoms with Crippen molar-refractivity contribution < 1.29 is 23.7 Å². The molecule has 158 valence electrons. The summed E-state index contributed by atoms with van der Waals surface area (Å²) in [5.41, 5.74) is 0.383. The van der Waals surface area contributed by atoms with Gasteiger partial charge in [0.15, 0.2) is 5.52 Å². The minimum absolute atomic E-state index is 0.0355. The van der Waals surface area contributed by atoms with Crippen LogP contribution in [0.3, 0.4) is 0 Å². The van der Waals surface area contributed by atoms with Gasteiger partial charge in [0.1, 0.15) is 28.6 Å². The van der Waals surface area contributed by atoms with Crippen molar-refractivity contribution >= 4 is 19.4 Å². The zero-order chi connectivity index (χ0) is 21.4.